The summed E-state index contributed by atoms with van der Waals surface area (Å²) in [5.41, 5.74) is 1.37. The summed E-state index contributed by atoms with van der Waals surface area (Å²) < 4.78 is 5.19. The summed E-state index contributed by atoms with van der Waals surface area (Å²) in [6, 6.07) is 16.1. The highest BCUT2D eigenvalue weighted by Gasteiger charge is 2.17. The van der Waals surface area contributed by atoms with Crippen molar-refractivity contribution in [1.29, 1.82) is 0 Å². The number of nitrogens with one attached hydrogen (secondary N) is 1. The zero-order valence-electron chi connectivity index (χ0n) is 14.4. The van der Waals surface area contributed by atoms with Crippen LogP contribution >= 0.6 is 0 Å². The van der Waals surface area contributed by atoms with Crippen molar-refractivity contribution >= 4 is 23.4 Å². The van der Waals surface area contributed by atoms with Crippen molar-refractivity contribution in [1.82, 2.24) is 0 Å². The summed E-state index contributed by atoms with van der Waals surface area (Å²) in [4.78, 5) is 25.8. The van der Waals surface area contributed by atoms with Crippen molar-refractivity contribution in [2.75, 3.05) is 17.3 Å². The molecule has 2 amide bonds. The van der Waals surface area contributed by atoms with Crippen LogP contribution in [0.3, 0.4) is 0 Å². The van der Waals surface area contributed by atoms with E-state index in [0.29, 0.717) is 11.3 Å². The number of hydrogen-bond acceptors (Lipinski definition) is 3. The van der Waals surface area contributed by atoms with E-state index >= 15 is 0 Å². The Labute approximate surface area is 142 Å². The van der Waals surface area contributed by atoms with Gasteiger partial charge in [0.25, 0.3) is 5.91 Å². The molecule has 0 heterocycles. The topological polar surface area (TPSA) is 58.6 Å². The van der Waals surface area contributed by atoms with E-state index in [-0.39, 0.29) is 5.91 Å². The highest BCUT2D eigenvalue weighted by atomic mass is 16.6. The van der Waals surface area contributed by atoms with Gasteiger partial charge in [-0.2, -0.15) is 0 Å². The minimum Gasteiger partial charge on any atom is -0.444 e. The molecule has 0 aliphatic rings. The van der Waals surface area contributed by atoms with Crippen molar-refractivity contribution < 1.29 is 14.3 Å². The van der Waals surface area contributed by atoms with Crippen molar-refractivity contribution in [2.24, 2.45) is 0 Å². The van der Waals surface area contributed by atoms with Gasteiger partial charge >= 0.3 is 6.09 Å². The molecule has 0 spiro atoms. The predicted molar refractivity (Wildman–Crippen MR) is 95.5 cm³/mol. The van der Waals surface area contributed by atoms with Crippen LogP contribution in [0.2, 0.25) is 0 Å². The Hall–Kier alpha value is -2.82. The predicted octanol–water partition coefficient (Wildman–Crippen LogP) is 4.31. The number of para-hydroxylation sites is 1. The Kier molecular flexibility index (Phi) is 5.24. The van der Waals surface area contributed by atoms with Gasteiger partial charge in [-0.05, 0) is 57.2 Å². The first-order valence-electron chi connectivity index (χ1n) is 7.69. The fraction of sp³-hybridized carbons (Fsp3) is 0.263. The molecule has 0 saturated carbocycles. The molecule has 0 saturated heterocycles. The lowest BCUT2D eigenvalue weighted by Gasteiger charge is -2.20. The lowest BCUT2D eigenvalue weighted by molar-refractivity contribution is 0.0636. The molecule has 2 aromatic rings. The van der Waals surface area contributed by atoms with Crippen LogP contribution in [-0.4, -0.2) is 24.6 Å². The van der Waals surface area contributed by atoms with Crippen LogP contribution in [0.25, 0.3) is 0 Å². The van der Waals surface area contributed by atoms with E-state index in [9.17, 15) is 9.59 Å². The van der Waals surface area contributed by atoms with Gasteiger partial charge < -0.3 is 9.64 Å². The molecule has 0 aliphatic heterocycles. The summed E-state index contributed by atoms with van der Waals surface area (Å²) >= 11 is 0. The summed E-state index contributed by atoms with van der Waals surface area (Å²) in [5, 5.41) is 2.64. The maximum Gasteiger partial charge on any atom is 0.412 e. The Morgan fingerprint density at radius 3 is 2.08 bits per heavy atom. The number of carbonyl (C=O) groups excluding carboxylic acids is 2. The number of ether oxygens (including phenoxy) is 1. The number of benzene rings is 2. The van der Waals surface area contributed by atoms with Crippen LogP contribution in [0, 0.1) is 0 Å². The first-order valence-corrected chi connectivity index (χ1v) is 7.69. The van der Waals surface area contributed by atoms with E-state index < -0.39 is 11.7 Å². The monoisotopic (exact) mass is 326 g/mol. The molecule has 0 unspecified atom stereocenters. The Morgan fingerprint density at radius 1 is 0.958 bits per heavy atom. The van der Waals surface area contributed by atoms with E-state index in [2.05, 4.69) is 5.32 Å². The lowest BCUT2D eigenvalue weighted by atomic mass is 10.1. The number of anilines is 2. The smallest absolute Gasteiger partial charge is 0.412 e. The van der Waals surface area contributed by atoms with Gasteiger partial charge in [0, 0.05) is 24.0 Å². The Balaban J connectivity index is 2.04. The van der Waals surface area contributed by atoms with Gasteiger partial charge in [-0.1, -0.05) is 18.2 Å². The second kappa shape index (κ2) is 7.17. The maximum atomic E-state index is 12.5. The summed E-state index contributed by atoms with van der Waals surface area (Å²) in [6.45, 7) is 5.40. The van der Waals surface area contributed by atoms with Crippen molar-refractivity contribution in [3.8, 4) is 0 Å². The number of carbonyl (C=O) groups is 2. The lowest BCUT2D eigenvalue weighted by Crippen LogP contribution is -2.27. The summed E-state index contributed by atoms with van der Waals surface area (Å²) in [7, 11) is 1.73. The molecule has 0 atom stereocenters. The Bertz CT molecular complexity index is 704. The molecule has 126 valence electrons. The first kappa shape index (κ1) is 17.5. The molecule has 2 aromatic carbocycles. The van der Waals surface area contributed by atoms with Crippen molar-refractivity contribution in [3.63, 3.8) is 0 Å². The fourth-order valence-electron chi connectivity index (χ4n) is 2.08. The van der Waals surface area contributed by atoms with Crippen LogP contribution in [0.4, 0.5) is 16.2 Å². The van der Waals surface area contributed by atoms with E-state index in [1.54, 1.807) is 57.0 Å². The molecule has 24 heavy (non-hydrogen) atoms. The van der Waals surface area contributed by atoms with Crippen molar-refractivity contribution in [2.45, 2.75) is 26.4 Å². The molecule has 0 bridgehead atoms. The van der Waals surface area contributed by atoms with Gasteiger partial charge in [-0.3, -0.25) is 10.1 Å². The average molecular weight is 326 g/mol. The standard InChI is InChI=1S/C19H22N2O3/c1-19(2,3)24-18(23)20-15-12-10-14(11-13-15)17(22)21(4)16-8-6-5-7-9-16/h5-13H,1-4H3,(H,20,23). The van der Waals surface area contributed by atoms with E-state index in [1.807, 2.05) is 30.3 Å². The van der Waals surface area contributed by atoms with Crippen LogP contribution < -0.4 is 10.2 Å². The second-order valence-corrected chi connectivity index (χ2v) is 6.40. The molecule has 1 N–H and O–H groups in total. The number of amides is 2. The zero-order chi connectivity index (χ0) is 17.7. The normalized spacial score (nSPS) is 10.8. The molecule has 5 heteroatoms. The van der Waals surface area contributed by atoms with Gasteiger partial charge in [0.05, 0.1) is 0 Å². The quantitative estimate of drug-likeness (QED) is 0.914. The Morgan fingerprint density at radius 2 is 1.54 bits per heavy atom. The largest absolute Gasteiger partial charge is 0.444 e. The molecule has 5 nitrogen and oxygen atoms in total. The molecule has 2 rings (SSSR count). The van der Waals surface area contributed by atoms with E-state index in [1.165, 1.54) is 0 Å². The van der Waals surface area contributed by atoms with Crippen molar-refractivity contribution in [3.05, 3.63) is 60.2 Å². The molecule has 0 fully saturated rings. The third kappa shape index (κ3) is 4.84. The van der Waals surface area contributed by atoms with Crippen LogP contribution in [-0.2, 0) is 4.74 Å². The first-order chi connectivity index (χ1) is 11.3. The number of rotatable bonds is 3. The highest BCUT2D eigenvalue weighted by Crippen LogP contribution is 2.17. The van der Waals surface area contributed by atoms with Crippen LogP contribution in [0.5, 0.6) is 0 Å². The molecule has 0 aromatic heterocycles. The van der Waals surface area contributed by atoms with Crippen LogP contribution in [0.15, 0.2) is 54.6 Å². The number of hydrogen-bond donors (Lipinski definition) is 1. The van der Waals surface area contributed by atoms with Gasteiger partial charge in [0.1, 0.15) is 5.60 Å². The second-order valence-electron chi connectivity index (χ2n) is 6.40. The molecule has 0 aliphatic carbocycles. The average Bonchev–Trinajstić information content (AvgIpc) is 2.53. The molecular formula is C19H22N2O3. The van der Waals surface area contributed by atoms with Gasteiger partial charge in [0.15, 0.2) is 0 Å². The summed E-state index contributed by atoms with van der Waals surface area (Å²) in [5.74, 6) is -0.120. The van der Waals surface area contributed by atoms with Gasteiger partial charge in [0.2, 0.25) is 0 Å². The van der Waals surface area contributed by atoms with Gasteiger partial charge in [-0.25, -0.2) is 4.79 Å². The summed E-state index contributed by atoms with van der Waals surface area (Å²) in [6.07, 6.45) is -0.525. The van der Waals surface area contributed by atoms with E-state index in [4.69, 9.17) is 4.74 Å². The SMILES string of the molecule is CN(C(=O)c1ccc(NC(=O)OC(C)(C)C)cc1)c1ccccc1. The zero-order valence-corrected chi connectivity index (χ0v) is 14.4. The third-order valence-corrected chi connectivity index (χ3v) is 3.23. The maximum absolute atomic E-state index is 12.5. The molecular weight excluding hydrogens is 304 g/mol. The minimum absolute atomic E-state index is 0.120. The fourth-order valence-corrected chi connectivity index (χ4v) is 2.08. The highest BCUT2D eigenvalue weighted by molar-refractivity contribution is 6.06. The minimum atomic E-state index is -0.557. The van der Waals surface area contributed by atoms with Gasteiger partial charge in [-0.15, -0.1) is 0 Å². The number of nitrogens with zero attached hydrogens (tertiary/aromatic N) is 1. The third-order valence-electron chi connectivity index (χ3n) is 3.23. The van der Waals surface area contributed by atoms with Crippen LogP contribution in [0.1, 0.15) is 31.1 Å². The van der Waals surface area contributed by atoms with E-state index in [0.717, 1.165) is 5.69 Å². The molecule has 0 radical (unpaired) electrons.